The molecule has 5 rings (SSSR count). The van der Waals surface area contributed by atoms with E-state index in [-0.39, 0.29) is 29.7 Å². The van der Waals surface area contributed by atoms with Crippen LogP contribution < -0.4 is 20.7 Å². The molecule has 2 bridgehead atoms. The van der Waals surface area contributed by atoms with E-state index in [1.165, 1.54) is 12.1 Å². The number of nitrogens with one attached hydrogen (secondary N) is 3. The summed E-state index contributed by atoms with van der Waals surface area (Å²) >= 11 is 5.59. The molecule has 2 amide bonds. The lowest BCUT2D eigenvalue weighted by Crippen LogP contribution is -2.84. The maximum atomic E-state index is 13.4. The summed E-state index contributed by atoms with van der Waals surface area (Å²) in [6, 6.07) is 1.34. The Morgan fingerprint density at radius 2 is 1.84 bits per heavy atom. The fourth-order valence-corrected chi connectivity index (χ4v) is 4.97. The lowest BCUT2D eigenvalue weighted by molar-refractivity contribution is -0.166. The molecule has 3 N–H and O–H groups in total. The van der Waals surface area contributed by atoms with E-state index in [2.05, 4.69) is 16.0 Å². The molecule has 6 nitrogen and oxygen atoms in total. The van der Waals surface area contributed by atoms with Crippen molar-refractivity contribution in [1.29, 1.82) is 0 Å². The molecule has 0 aromatic heterocycles. The van der Waals surface area contributed by atoms with Crippen molar-refractivity contribution in [3.63, 3.8) is 0 Å². The molecule has 3 aliphatic carbocycles. The highest BCUT2D eigenvalue weighted by Crippen LogP contribution is 2.60. The Morgan fingerprint density at radius 1 is 1.16 bits per heavy atom. The van der Waals surface area contributed by atoms with E-state index in [9.17, 15) is 27.2 Å². The summed E-state index contributed by atoms with van der Waals surface area (Å²) < 4.78 is 57.4. The third-order valence-corrected chi connectivity index (χ3v) is 6.49. The molecule has 2 atom stereocenters. The van der Waals surface area contributed by atoms with Gasteiger partial charge in [0.1, 0.15) is 17.6 Å². The number of benzene rings is 1. The molecule has 3 saturated carbocycles. The van der Waals surface area contributed by atoms with E-state index < -0.39 is 41.1 Å². The molecule has 1 aromatic carbocycles. The molecule has 11 heteroatoms. The van der Waals surface area contributed by atoms with Crippen molar-refractivity contribution >= 4 is 23.4 Å². The molecule has 1 aliphatic heterocycles. The summed E-state index contributed by atoms with van der Waals surface area (Å²) in [5.74, 6) is -1.28. The summed E-state index contributed by atoms with van der Waals surface area (Å²) in [5.41, 5.74) is -0.912. The Kier molecular flexibility index (Phi) is 5.58. The SMILES string of the molecule is O=C(COc1ccc(Cl)c(F)c1)NC12CC(NC(=O)C3CCCC(C(F)(F)F)N3)(C1)C2. The minimum Gasteiger partial charge on any atom is -0.484 e. The van der Waals surface area contributed by atoms with Crippen LogP contribution in [0.4, 0.5) is 17.6 Å². The van der Waals surface area contributed by atoms with Crippen LogP contribution in [-0.4, -0.2) is 47.8 Å². The fraction of sp³-hybridized carbons (Fsp3) is 0.600. The van der Waals surface area contributed by atoms with Gasteiger partial charge in [-0.2, -0.15) is 13.2 Å². The highest BCUT2D eigenvalue weighted by Gasteiger charge is 2.69. The fourth-order valence-electron chi connectivity index (χ4n) is 4.85. The van der Waals surface area contributed by atoms with E-state index in [0.717, 1.165) is 6.07 Å². The summed E-state index contributed by atoms with van der Waals surface area (Å²) in [4.78, 5) is 24.6. The van der Waals surface area contributed by atoms with E-state index in [1.54, 1.807) is 0 Å². The molecule has 31 heavy (non-hydrogen) atoms. The number of carbonyl (C=O) groups excluding carboxylic acids is 2. The van der Waals surface area contributed by atoms with Gasteiger partial charge < -0.3 is 15.4 Å². The molecule has 1 saturated heterocycles. The van der Waals surface area contributed by atoms with Gasteiger partial charge in [0, 0.05) is 17.1 Å². The maximum Gasteiger partial charge on any atom is 0.403 e. The minimum absolute atomic E-state index is 0.0295. The van der Waals surface area contributed by atoms with Crippen LogP contribution in [0.1, 0.15) is 38.5 Å². The van der Waals surface area contributed by atoms with Crippen molar-refractivity contribution < 1.29 is 31.9 Å². The van der Waals surface area contributed by atoms with Crippen molar-refractivity contribution in [2.24, 2.45) is 0 Å². The Balaban J connectivity index is 1.21. The molecule has 1 aromatic rings. The van der Waals surface area contributed by atoms with Crippen LogP contribution in [0.5, 0.6) is 5.75 Å². The zero-order chi connectivity index (χ0) is 22.4. The normalized spacial score (nSPS) is 31.8. The molecule has 1 heterocycles. The maximum absolute atomic E-state index is 13.4. The summed E-state index contributed by atoms with van der Waals surface area (Å²) in [5, 5.41) is 8.08. The Bertz CT molecular complexity index is 875. The predicted octanol–water partition coefficient (Wildman–Crippen LogP) is 2.84. The second-order valence-electron chi connectivity index (χ2n) is 8.74. The van der Waals surface area contributed by atoms with Crippen LogP contribution in [0.15, 0.2) is 18.2 Å². The Morgan fingerprint density at radius 3 is 2.48 bits per heavy atom. The second kappa shape index (κ2) is 7.81. The highest BCUT2D eigenvalue weighted by atomic mass is 35.5. The van der Waals surface area contributed by atoms with Gasteiger partial charge in [0.05, 0.1) is 11.1 Å². The van der Waals surface area contributed by atoms with Gasteiger partial charge in [0.15, 0.2) is 6.61 Å². The molecule has 0 spiro atoms. The zero-order valence-corrected chi connectivity index (χ0v) is 17.2. The van der Waals surface area contributed by atoms with Crippen molar-refractivity contribution in [1.82, 2.24) is 16.0 Å². The van der Waals surface area contributed by atoms with Crippen LogP contribution in [0.3, 0.4) is 0 Å². The predicted molar refractivity (Wildman–Crippen MR) is 103 cm³/mol. The van der Waals surface area contributed by atoms with Crippen molar-refractivity contribution in [3.05, 3.63) is 29.0 Å². The molecule has 4 aliphatic rings. The van der Waals surface area contributed by atoms with E-state index in [4.69, 9.17) is 16.3 Å². The molecular weight excluding hydrogens is 442 g/mol. The van der Waals surface area contributed by atoms with Crippen LogP contribution in [0.25, 0.3) is 0 Å². The van der Waals surface area contributed by atoms with Gasteiger partial charge in [-0.1, -0.05) is 11.6 Å². The average Bonchev–Trinajstić information content (AvgIpc) is 2.65. The lowest BCUT2D eigenvalue weighted by atomic mass is 9.44. The molecule has 0 radical (unpaired) electrons. The first-order chi connectivity index (χ1) is 14.5. The lowest BCUT2D eigenvalue weighted by Gasteiger charge is -2.70. The Hall–Kier alpha value is -2.07. The number of amides is 2. The van der Waals surface area contributed by atoms with Gasteiger partial charge in [0.25, 0.3) is 5.91 Å². The number of piperidine rings is 1. The highest BCUT2D eigenvalue weighted by molar-refractivity contribution is 6.30. The smallest absolute Gasteiger partial charge is 0.403 e. The van der Waals surface area contributed by atoms with Crippen LogP contribution in [0.2, 0.25) is 5.02 Å². The van der Waals surface area contributed by atoms with Gasteiger partial charge in [-0.05, 0) is 50.7 Å². The third kappa shape index (κ3) is 4.59. The number of carbonyl (C=O) groups is 2. The van der Waals surface area contributed by atoms with E-state index >= 15 is 0 Å². The first-order valence-electron chi connectivity index (χ1n) is 10.0. The number of ether oxygens (including phenoxy) is 1. The number of halogens is 5. The van der Waals surface area contributed by atoms with Crippen molar-refractivity contribution in [2.45, 2.75) is 67.9 Å². The van der Waals surface area contributed by atoms with Crippen molar-refractivity contribution in [2.75, 3.05) is 6.61 Å². The second-order valence-corrected chi connectivity index (χ2v) is 9.14. The first kappa shape index (κ1) is 22.1. The van der Waals surface area contributed by atoms with E-state index in [1.807, 2.05) is 0 Å². The minimum atomic E-state index is -4.37. The quantitative estimate of drug-likeness (QED) is 0.567. The largest absolute Gasteiger partial charge is 0.484 e. The van der Waals surface area contributed by atoms with Gasteiger partial charge >= 0.3 is 6.18 Å². The molecule has 170 valence electrons. The standard InChI is InChI=1S/C20H22ClF4N3O3/c21-12-5-4-11(6-13(12)22)31-7-16(29)27-18-8-19(9-18,10-18)28-17(30)14-2-1-3-15(26-14)20(23,24)25/h4-6,14-15,26H,1-3,7-10H2,(H,27,29)(H,28,30). The topological polar surface area (TPSA) is 79.5 Å². The van der Waals surface area contributed by atoms with Gasteiger partial charge in [-0.3, -0.25) is 14.9 Å². The van der Waals surface area contributed by atoms with Crippen molar-refractivity contribution in [3.8, 4) is 5.75 Å². The average molecular weight is 464 g/mol. The van der Waals surface area contributed by atoms with Crippen LogP contribution in [-0.2, 0) is 9.59 Å². The molecular formula is C20H22ClF4N3O3. The zero-order valence-electron chi connectivity index (χ0n) is 16.5. The Labute approximate surface area is 181 Å². The van der Waals surface area contributed by atoms with Gasteiger partial charge in [-0.25, -0.2) is 4.39 Å². The number of hydrogen-bond donors (Lipinski definition) is 3. The molecule has 4 fully saturated rings. The third-order valence-electron chi connectivity index (χ3n) is 6.18. The summed E-state index contributed by atoms with van der Waals surface area (Å²) in [7, 11) is 0. The van der Waals surface area contributed by atoms with Gasteiger partial charge in [-0.15, -0.1) is 0 Å². The molecule has 2 unspecified atom stereocenters. The monoisotopic (exact) mass is 463 g/mol. The van der Waals surface area contributed by atoms with Crippen LogP contribution in [0, 0.1) is 5.82 Å². The van der Waals surface area contributed by atoms with Crippen LogP contribution >= 0.6 is 11.6 Å². The summed E-state index contributed by atoms with van der Waals surface area (Å²) in [6.07, 6.45) is -2.16. The number of alkyl halides is 3. The van der Waals surface area contributed by atoms with Gasteiger partial charge in [0.2, 0.25) is 5.91 Å². The van der Waals surface area contributed by atoms with E-state index in [0.29, 0.717) is 32.1 Å². The number of rotatable bonds is 6. The summed E-state index contributed by atoms with van der Waals surface area (Å²) in [6.45, 7) is -0.299. The number of hydrogen-bond acceptors (Lipinski definition) is 4. The first-order valence-corrected chi connectivity index (χ1v) is 10.4.